The van der Waals surface area contributed by atoms with Crippen LogP contribution in [0.15, 0.2) is 54.9 Å². The molecule has 8 nitrogen and oxygen atoms in total. The van der Waals surface area contributed by atoms with Gasteiger partial charge in [0.25, 0.3) is 0 Å². The average molecular weight is 432 g/mol. The molecule has 1 saturated heterocycles. The average Bonchev–Trinajstić information content (AvgIpc) is 3.36. The van der Waals surface area contributed by atoms with E-state index < -0.39 is 5.97 Å². The number of carboxylic acid groups (broad SMARTS) is 1. The number of hydrogen-bond donors (Lipinski definition) is 2. The van der Waals surface area contributed by atoms with E-state index in [9.17, 15) is 9.59 Å². The Morgan fingerprint density at radius 2 is 1.62 bits per heavy atom. The molecule has 0 unspecified atom stereocenters. The van der Waals surface area contributed by atoms with Crippen molar-refractivity contribution in [1.82, 2.24) is 14.5 Å². The van der Waals surface area contributed by atoms with Crippen LogP contribution in [0.25, 0.3) is 11.1 Å². The highest BCUT2D eigenvalue weighted by molar-refractivity contribution is 5.90. The number of aromatic carboxylic acids is 1. The Labute approximate surface area is 185 Å². The number of carboxylic acids is 1. The lowest BCUT2D eigenvalue weighted by molar-refractivity contribution is 0.0692. The fourth-order valence-electron chi connectivity index (χ4n) is 4.84. The van der Waals surface area contributed by atoms with E-state index in [1.807, 2.05) is 24.3 Å². The second kappa shape index (κ2) is 8.03. The molecule has 1 aliphatic heterocycles. The van der Waals surface area contributed by atoms with Crippen LogP contribution < -0.4 is 5.73 Å². The lowest BCUT2D eigenvalue weighted by Crippen LogP contribution is -2.39. The van der Waals surface area contributed by atoms with Crippen molar-refractivity contribution in [3.05, 3.63) is 71.7 Å². The molecular weight excluding hydrogens is 408 g/mol. The SMILES string of the molecule is Nc1c(C(=O)O)ncn1C1CCN(C(=O)OCC2c3ccccc3-c3ccccc32)CC1. The summed E-state index contributed by atoms with van der Waals surface area (Å²) in [7, 11) is 0. The summed E-state index contributed by atoms with van der Waals surface area (Å²) >= 11 is 0. The second-order valence-corrected chi connectivity index (χ2v) is 8.21. The van der Waals surface area contributed by atoms with E-state index in [4.69, 9.17) is 15.6 Å². The quantitative estimate of drug-likeness (QED) is 0.650. The molecule has 2 heterocycles. The lowest BCUT2D eigenvalue weighted by atomic mass is 9.98. The minimum atomic E-state index is -1.14. The highest BCUT2D eigenvalue weighted by Gasteiger charge is 2.31. The zero-order valence-corrected chi connectivity index (χ0v) is 17.5. The van der Waals surface area contributed by atoms with Gasteiger partial charge in [-0.3, -0.25) is 0 Å². The molecule has 5 rings (SSSR count). The van der Waals surface area contributed by atoms with Crippen molar-refractivity contribution in [2.45, 2.75) is 24.8 Å². The molecule has 0 atom stereocenters. The summed E-state index contributed by atoms with van der Waals surface area (Å²) in [5.74, 6) is -0.960. The van der Waals surface area contributed by atoms with Crippen molar-refractivity contribution in [2.24, 2.45) is 0 Å². The van der Waals surface area contributed by atoms with Crippen molar-refractivity contribution in [1.29, 1.82) is 0 Å². The highest BCUT2D eigenvalue weighted by atomic mass is 16.6. The minimum Gasteiger partial charge on any atom is -0.476 e. The number of benzene rings is 2. The van der Waals surface area contributed by atoms with E-state index in [2.05, 4.69) is 29.2 Å². The molecule has 2 aliphatic rings. The van der Waals surface area contributed by atoms with Crippen LogP contribution in [0, 0.1) is 0 Å². The molecule has 0 spiro atoms. The van der Waals surface area contributed by atoms with Gasteiger partial charge in [0.15, 0.2) is 5.69 Å². The number of aromatic nitrogens is 2. The monoisotopic (exact) mass is 432 g/mol. The van der Waals surface area contributed by atoms with Crippen molar-refractivity contribution in [2.75, 3.05) is 25.4 Å². The van der Waals surface area contributed by atoms with Crippen LogP contribution in [0.4, 0.5) is 10.6 Å². The summed E-state index contributed by atoms with van der Waals surface area (Å²) in [6.07, 6.45) is 2.45. The normalized spacial score (nSPS) is 15.9. The third-order valence-electron chi connectivity index (χ3n) is 6.49. The number of hydrogen-bond acceptors (Lipinski definition) is 5. The predicted molar refractivity (Wildman–Crippen MR) is 119 cm³/mol. The van der Waals surface area contributed by atoms with Crippen LogP contribution in [-0.4, -0.2) is 51.3 Å². The molecular formula is C24H24N4O4. The largest absolute Gasteiger partial charge is 0.476 e. The second-order valence-electron chi connectivity index (χ2n) is 8.21. The molecule has 1 aliphatic carbocycles. The van der Waals surface area contributed by atoms with E-state index in [0.29, 0.717) is 32.5 Å². The molecule has 3 N–H and O–H groups in total. The van der Waals surface area contributed by atoms with Crippen LogP contribution in [0.5, 0.6) is 0 Å². The number of nitrogens with two attached hydrogens (primary N) is 1. The zero-order valence-electron chi connectivity index (χ0n) is 17.5. The summed E-state index contributed by atoms with van der Waals surface area (Å²) in [6, 6.07) is 16.5. The topological polar surface area (TPSA) is 111 Å². The maximum absolute atomic E-state index is 12.8. The first-order valence-corrected chi connectivity index (χ1v) is 10.7. The van der Waals surface area contributed by atoms with E-state index in [0.717, 1.165) is 0 Å². The molecule has 2 aromatic carbocycles. The van der Waals surface area contributed by atoms with E-state index >= 15 is 0 Å². The van der Waals surface area contributed by atoms with Crippen molar-refractivity contribution >= 4 is 17.9 Å². The van der Waals surface area contributed by atoms with Crippen LogP contribution >= 0.6 is 0 Å². The van der Waals surface area contributed by atoms with Crippen LogP contribution in [0.1, 0.15) is 46.4 Å². The van der Waals surface area contributed by atoms with Gasteiger partial charge in [-0.05, 0) is 35.1 Å². The first kappa shape index (κ1) is 20.1. The molecule has 164 valence electrons. The molecule has 0 bridgehead atoms. The van der Waals surface area contributed by atoms with Crippen LogP contribution in [0.2, 0.25) is 0 Å². The van der Waals surface area contributed by atoms with Gasteiger partial charge >= 0.3 is 12.1 Å². The maximum Gasteiger partial charge on any atom is 0.409 e. The van der Waals surface area contributed by atoms with Gasteiger partial charge < -0.3 is 25.0 Å². The van der Waals surface area contributed by atoms with E-state index in [1.165, 1.54) is 28.6 Å². The Kier molecular flexibility index (Phi) is 5.05. The van der Waals surface area contributed by atoms with Crippen molar-refractivity contribution in [3.63, 3.8) is 0 Å². The van der Waals surface area contributed by atoms with Gasteiger partial charge in [0.2, 0.25) is 0 Å². The summed E-state index contributed by atoms with van der Waals surface area (Å²) < 4.78 is 7.44. The predicted octanol–water partition coefficient (Wildman–Crippen LogP) is 3.75. The number of rotatable bonds is 4. The summed E-state index contributed by atoms with van der Waals surface area (Å²) in [6.45, 7) is 1.33. The van der Waals surface area contributed by atoms with Crippen LogP contribution in [0.3, 0.4) is 0 Å². The maximum atomic E-state index is 12.8. The Bertz CT molecular complexity index is 1130. The molecule has 32 heavy (non-hydrogen) atoms. The summed E-state index contributed by atoms with van der Waals surface area (Å²) in [5, 5.41) is 9.14. The Hall–Kier alpha value is -3.81. The number of anilines is 1. The van der Waals surface area contributed by atoms with Gasteiger partial charge in [-0.1, -0.05) is 48.5 Å². The first-order valence-electron chi connectivity index (χ1n) is 10.7. The van der Waals surface area contributed by atoms with E-state index in [-0.39, 0.29) is 29.6 Å². The third-order valence-corrected chi connectivity index (χ3v) is 6.49. The minimum absolute atomic E-state index is 0.00763. The lowest BCUT2D eigenvalue weighted by Gasteiger charge is -2.32. The molecule has 8 heteroatoms. The molecule has 1 fully saturated rings. The van der Waals surface area contributed by atoms with Gasteiger partial charge in [0.05, 0.1) is 6.33 Å². The number of nitrogen functional groups attached to an aromatic ring is 1. The number of ether oxygens (including phenoxy) is 1. The van der Waals surface area contributed by atoms with E-state index in [1.54, 1.807) is 9.47 Å². The number of amides is 1. The summed E-state index contributed by atoms with van der Waals surface area (Å²) in [5.41, 5.74) is 10.6. The number of carbonyl (C=O) groups excluding carboxylic acids is 1. The smallest absolute Gasteiger partial charge is 0.409 e. The van der Waals surface area contributed by atoms with Crippen molar-refractivity contribution < 1.29 is 19.4 Å². The number of nitrogens with zero attached hydrogens (tertiary/aromatic N) is 3. The molecule has 0 radical (unpaired) electrons. The zero-order chi connectivity index (χ0) is 22.2. The van der Waals surface area contributed by atoms with Gasteiger partial charge in [-0.15, -0.1) is 0 Å². The first-order chi connectivity index (χ1) is 15.5. The number of fused-ring (bicyclic) bond motifs is 3. The van der Waals surface area contributed by atoms with Gasteiger partial charge in [0, 0.05) is 25.0 Å². The van der Waals surface area contributed by atoms with Crippen LogP contribution in [-0.2, 0) is 4.74 Å². The Morgan fingerprint density at radius 1 is 1.03 bits per heavy atom. The highest BCUT2D eigenvalue weighted by Crippen LogP contribution is 2.44. The third kappa shape index (κ3) is 3.37. The molecule has 1 aromatic heterocycles. The molecule has 3 aromatic rings. The number of likely N-dealkylation sites (tertiary alicyclic amines) is 1. The summed E-state index contributed by atoms with van der Waals surface area (Å²) in [4.78, 5) is 29.5. The van der Waals surface area contributed by atoms with Gasteiger partial charge in [-0.25, -0.2) is 14.6 Å². The van der Waals surface area contributed by atoms with Crippen molar-refractivity contribution in [3.8, 4) is 11.1 Å². The standard InChI is InChI=1S/C24H24N4O4/c25-22-21(23(29)30)26-14-28(22)15-9-11-27(12-10-15)24(31)32-13-20-18-7-3-1-5-16(18)17-6-2-4-8-19(17)20/h1-8,14-15,20H,9-13,25H2,(H,29,30). The number of imidazole rings is 1. The Balaban J connectivity index is 1.22. The Morgan fingerprint density at radius 3 is 2.19 bits per heavy atom. The fraction of sp³-hybridized carbons (Fsp3) is 0.292. The fourth-order valence-corrected chi connectivity index (χ4v) is 4.84. The number of carbonyl (C=O) groups is 2. The molecule has 0 saturated carbocycles. The van der Waals surface area contributed by atoms with Gasteiger partial charge in [-0.2, -0.15) is 0 Å². The molecule has 1 amide bonds. The van der Waals surface area contributed by atoms with Gasteiger partial charge in [0.1, 0.15) is 12.4 Å². The number of piperidine rings is 1.